The summed E-state index contributed by atoms with van der Waals surface area (Å²) in [7, 11) is 2.01. The van der Waals surface area contributed by atoms with Gasteiger partial charge in [0.1, 0.15) is 17.6 Å². The minimum atomic E-state index is 0.205. The zero-order chi connectivity index (χ0) is 13.2. The van der Waals surface area contributed by atoms with Crippen molar-refractivity contribution >= 4 is 11.3 Å². The zero-order valence-electron chi connectivity index (χ0n) is 11.7. The summed E-state index contributed by atoms with van der Waals surface area (Å²) in [5.41, 5.74) is 1.56. The number of furan rings is 1. The molecule has 0 spiro atoms. The third-order valence-corrected chi connectivity index (χ3v) is 5.21. The number of rotatable bonds is 4. The highest BCUT2D eigenvalue weighted by atomic mass is 32.1. The van der Waals surface area contributed by atoms with Crippen LogP contribution in [0.1, 0.15) is 52.6 Å². The summed E-state index contributed by atoms with van der Waals surface area (Å²) >= 11 is 1.96. The van der Waals surface area contributed by atoms with Gasteiger partial charge in [-0.2, -0.15) is 0 Å². The van der Waals surface area contributed by atoms with E-state index in [0.717, 1.165) is 17.9 Å². The van der Waals surface area contributed by atoms with Crippen LogP contribution in [0.5, 0.6) is 0 Å². The molecule has 0 radical (unpaired) electrons. The molecule has 2 aromatic rings. The Kier molecular flexibility index (Phi) is 3.76. The Hall–Kier alpha value is -1.06. The van der Waals surface area contributed by atoms with Crippen LogP contribution in [-0.2, 0) is 19.3 Å². The number of hydrogen-bond donors (Lipinski definition) is 1. The van der Waals surface area contributed by atoms with Crippen LogP contribution in [0, 0.1) is 0 Å². The lowest BCUT2D eigenvalue weighted by Crippen LogP contribution is -2.15. The van der Waals surface area contributed by atoms with E-state index < -0.39 is 0 Å². The van der Waals surface area contributed by atoms with E-state index in [0.29, 0.717) is 0 Å². The molecule has 0 saturated carbocycles. The van der Waals surface area contributed by atoms with E-state index in [2.05, 4.69) is 30.4 Å². The summed E-state index contributed by atoms with van der Waals surface area (Å²) < 4.78 is 5.92. The summed E-state index contributed by atoms with van der Waals surface area (Å²) in [6, 6.07) is 6.79. The van der Waals surface area contributed by atoms with Gasteiger partial charge in [-0.05, 0) is 56.5 Å². The minimum Gasteiger partial charge on any atom is -0.464 e. The summed E-state index contributed by atoms with van der Waals surface area (Å²) in [5, 5.41) is 3.40. The van der Waals surface area contributed by atoms with Gasteiger partial charge in [0.15, 0.2) is 0 Å². The van der Waals surface area contributed by atoms with Gasteiger partial charge < -0.3 is 9.73 Å². The monoisotopic (exact) mass is 275 g/mol. The van der Waals surface area contributed by atoms with Gasteiger partial charge in [0.2, 0.25) is 0 Å². The predicted molar refractivity (Wildman–Crippen MR) is 79.9 cm³/mol. The van der Waals surface area contributed by atoms with Gasteiger partial charge in [0.25, 0.3) is 0 Å². The van der Waals surface area contributed by atoms with E-state index in [1.807, 2.05) is 18.4 Å². The molecule has 1 aliphatic rings. The van der Waals surface area contributed by atoms with E-state index in [4.69, 9.17) is 4.42 Å². The van der Waals surface area contributed by atoms with Crippen LogP contribution in [0.4, 0.5) is 0 Å². The molecular formula is C16H21NOS. The van der Waals surface area contributed by atoms with E-state index in [1.165, 1.54) is 30.6 Å². The molecule has 0 saturated heterocycles. The van der Waals surface area contributed by atoms with Crippen molar-refractivity contribution in [2.24, 2.45) is 0 Å². The molecule has 0 bridgehead atoms. The molecule has 0 fully saturated rings. The molecule has 1 atom stereocenters. The molecule has 2 heterocycles. The SMILES string of the molecule is CCc1ccc(C(NC)c2cc3c(s2)CCCC3)o1. The molecule has 1 aliphatic carbocycles. The maximum atomic E-state index is 5.92. The lowest BCUT2D eigenvalue weighted by molar-refractivity contribution is 0.436. The van der Waals surface area contributed by atoms with Crippen LogP contribution in [0.2, 0.25) is 0 Å². The fourth-order valence-electron chi connectivity index (χ4n) is 2.82. The van der Waals surface area contributed by atoms with E-state index in [9.17, 15) is 0 Å². The van der Waals surface area contributed by atoms with Gasteiger partial charge in [0, 0.05) is 16.2 Å². The van der Waals surface area contributed by atoms with Gasteiger partial charge in [0.05, 0.1) is 0 Å². The van der Waals surface area contributed by atoms with Gasteiger partial charge in [-0.3, -0.25) is 0 Å². The number of hydrogen-bond acceptors (Lipinski definition) is 3. The van der Waals surface area contributed by atoms with Crippen molar-refractivity contribution in [1.82, 2.24) is 5.32 Å². The van der Waals surface area contributed by atoms with Gasteiger partial charge >= 0.3 is 0 Å². The quantitative estimate of drug-likeness (QED) is 0.909. The zero-order valence-corrected chi connectivity index (χ0v) is 12.5. The van der Waals surface area contributed by atoms with E-state index >= 15 is 0 Å². The smallest absolute Gasteiger partial charge is 0.126 e. The highest BCUT2D eigenvalue weighted by molar-refractivity contribution is 7.12. The molecule has 102 valence electrons. The summed E-state index contributed by atoms with van der Waals surface area (Å²) in [5.74, 6) is 2.11. The fraction of sp³-hybridized carbons (Fsp3) is 0.500. The van der Waals surface area contributed by atoms with Crippen molar-refractivity contribution in [3.05, 3.63) is 45.0 Å². The number of aryl methyl sites for hydroxylation is 3. The lowest BCUT2D eigenvalue weighted by atomic mass is 9.98. The van der Waals surface area contributed by atoms with Gasteiger partial charge in [-0.1, -0.05) is 6.92 Å². The van der Waals surface area contributed by atoms with Crippen molar-refractivity contribution in [2.75, 3.05) is 7.05 Å². The van der Waals surface area contributed by atoms with E-state index in [-0.39, 0.29) is 6.04 Å². The van der Waals surface area contributed by atoms with Crippen molar-refractivity contribution in [3.8, 4) is 0 Å². The summed E-state index contributed by atoms with van der Waals surface area (Å²) in [6.07, 6.45) is 6.15. The molecule has 2 aromatic heterocycles. The molecule has 0 aromatic carbocycles. The average Bonchev–Trinajstić information content (AvgIpc) is 3.05. The number of fused-ring (bicyclic) bond motifs is 1. The molecule has 0 amide bonds. The average molecular weight is 275 g/mol. The normalized spacial score (nSPS) is 16.3. The van der Waals surface area contributed by atoms with Crippen molar-refractivity contribution in [1.29, 1.82) is 0 Å². The van der Waals surface area contributed by atoms with Crippen LogP contribution in [0.25, 0.3) is 0 Å². The first-order valence-electron chi connectivity index (χ1n) is 7.19. The minimum absolute atomic E-state index is 0.205. The van der Waals surface area contributed by atoms with Crippen LogP contribution < -0.4 is 5.32 Å². The maximum absolute atomic E-state index is 5.92. The second-order valence-electron chi connectivity index (χ2n) is 5.18. The highest BCUT2D eigenvalue weighted by Gasteiger charge is 2.21. The number of thiophene rings is 1. The van der Waals surface area contributed by atoms with Gasteiger partial charge in [-0.15, -0.1) is 11.3 Å². The Balaban J connectivity index is 1.91. The Bertz CT molecular complexity index is 531. The predicted octanol–water partition coefficient (Wildman–Crippen LogP) is 4.09. The molecule has 1 N–H and O–H groups in total. The van der Waals surface area contributed by atoms with Gasteiger partial charge in [-0.25, -0.2) is 0 Å². The van der Waals surface area contributed by atoms with Crippen LogP contribution in [0.15, 0.2) is 22.6 Å². The third-order valence-electron chi connectivity index (χ3n) is 3.90. The molecular weight excluding hydrogens is 254 g/mol. The lowest BCUT2D eigenvalue weighted by Gasteiger charge is -2.11. The van der Waals surface area contributed by atoms with Crippen LogP contribution >= 0.6 is 11.3 Å². The molecule has 0 aliphatic heterocycles. The topological polar surface area (TPSA) is 25.2 Å². The largest absolute Gasteiger partial charge is 0.464 e. The second kappa shape index (κ2) is 5.51. The number of nitrogens with one attached hydrogen (secondary N) is 1. The van der Waals surface area contributed by atoms with Crippen LogP contribution in [-0.4, -0.2) is 7.05 Å². The molecule has 3 heteroatoms. The summed E-state index contributed by atoms with van der Waals surface area (Å²) in [4.78, 5) is 2.98. The Morgan fingerprint density at radius 1 is 1.32 bits per heavy atom. The molecule has 19 heavy (non-hydrogen) atoms. The first-order valence-corrected chi connectivity index (χ1v) is 8.00. The molecule has 3 rings (SSSR count). The second-order valence-corrected chi connectivity index (χ2v) is 6.35. The Labute approximate surface area is 118 Å². The first kappa shape index (κ1) is 12.9. The maximum Gasteiger partial charge on any atom is 0.126 e. The van der Waals surface area contributed by atoms with E-state index in [1.54, 1.807) is 10.4 Å². The Morgan fingerprint density at radius 2 is 2.16 bits per heavy atom. The van der Waals surface area contributed by atoms with Crippen LogP contribution in [0.3, 0.4) is 0 Å². The third kappa shape index (κ3) is 2.49. The molecule has 1 unspecified atom stereocenters. The first-order chi connectivity index (χ1) is 9.31. The molecule has 2 nitrogen and oxygen atoms in total. The highest BCUT2D eigenvalue weighted by Crippen LogP contribution is 2.35. The van der Waals surface area contributed by atoms with Crippen molar-refractivity contribution in [3.63, 3.8) is 0 Å². The standard InChI is InChI=1S/C16H21NOS/c1-3-12-8-9-13(18-12)16(17-2)15-10-11-6-4-5-7-14(11)19-15/h8-10,16-17H,3-7H2,1-2H3. The fourth-order valence-corrected chi connectivity index (χ4v) is 4.20. The van der Waals surface area contributed by atoms with Crippen molar-refractivity contribution in [2.45, 2.75) is 45.1 Å². The Morgan fingerprint density at radius 3 is 2.84 bits per heavy atom. The van der Waals surface area contributed by atoms with Crippen molar-refractivity contribution < 1.29 is 4.42 Å². The summed E-state index contributed by atoms with van der Waals surface area (Å²) in [6.45, 7) is 2.13.